The molecular formula is C10H6N2O. The van der Waals surface area contributed by atoms with Crippen molar-refractivity contribution in [1.82, 2.24) is 4.98 Å². The molecule has 2 rings (SSSR count). The van der Waals surface area contributed by atoms with Crippen molar-refractivity contribution < 1.29 is 5.11 Å². The number of pyridine rings is 1. The Hall–Kier alpha value is -2.08. The van der Waals surface area contributed by atoms with Crippen molar-refractivity contribution >= 4 is 10.8 Å². The zero-order valence-corrected chi connectivity index (χ0v) is 6.73. The average molecular weight is 170 g/mol. The minimum Gasteiger partial charge on any atom is -0.507 e. The number of nitriles is 1. The molecule has 0 aliphatic heterocycles. The van der Waals surface area contributed by atoms with Crippen molar-refractivity contribution in [2.45, 2.75) is 0 Å². The Balaban J connectivity index is 2.83. The van der Waals surface area contributed by atoms with Gasteiger partial charge in [-0.2, -0.15) is 5.26 Å². The molecule has 0 bridgehead atoms. The third-order valence-corrected chi connectivity index (χ3v) is 1.88. The third kappa shape index (κ3) is 1.18. The first-order valence-corrected chi connectivity index (χ1v) is 3.78. The summed E-state index contributed by atoms with van der Waals surface area (Å²) in [5.74, 6) is 0.00278. The van der Waals surface area contributed by atoms with Gasteiger partial charge in [-0.05, 0) is 23.6 Å². The SMILES string of the molecule is N#Cc1cc2ccncc2cc1O. The van der Waals surface area contributed by atoms with E-state index >= 15 is 0 Å². The molecule has 3 nitrogen and oxygen atoms in total. The van der Waals surface area contributed by atoms with Crippen molar-refractivity contribution in [3.8, 4) is 11.8 Å². The summed E-state index contributed by atoms with van der Waals surface area (Å²) in [6.45, 7) is 0. The summed E-state index contributed by atoms with van der Waals surface area (Å²) in [7, 11) is 0. The molecule has 0 aliphatic rings. The fraction of sp³-hybridized carbons (Fsp3) is 0. The molecule has 0 fully saturated rings. The van der Waals surface area contributed by atoms with Crippen LogP contribution >= 0.6 is 0 Å². The first-order valence-electron chi connectivity index (χ1n) is 3.78. The third-order valence-electron chi connectivity index (χ3n) is 1.88. The molecule has 0 saturated heterocycles. The zero-order valence-electron chi connectivity index (χ0n) is 6.73. The number of rotatable bonds is 0. The lowest BCUT2D eigenvalue weighted by Gasteiger charge is -1.99. The van der Waals surface area contributed by atoms with Gasteiger partial charge in [-0.1, -0.05) is 0 Å². The van der Waals surface area contributed by atoms with Gasteiger partial charge < -0.3 is 5.11 Å². The van der Waals surface area contributed by atoms with Crippen LogP contribution in [0.1, 0.15) is 5.56 Å². The molecule has 0 spiro atoms. The van der Waals surface area contributed by atoms with Crippen LogP contribution in [-0.2, 0) is 0 Å². The van der Waals surface area contributed by atoms with E-state index in [-0.39, 0.29) is 5.75 Å². The highest BCUT2D eigenvalue weighted by Crippen LogP contribution is 2.23. The lowest BCUT2D eigenvalue weighted by atomic mass is 10.1. The summed E-state index contributed by atoms with van der Waals surface area (Å²) < 4.78 is 0. The Labute approximate surface area is 74.9 Å². The number of hydrogen-bond acceptors (Lipinski definition) is 3. The van der Waals surface area contributed by atoms with E-state index in [0.29, 0.717) is 5.56 Å². The summed E-state index contributed by atoms with van der Waals surface area (Å²) in [6, 6.07) is 6.91. The molecule has 0 radical (unpaired) electrons. The second-order valence-corrected chi connectivity index (χ2v) is 2.70. The van der Waals surface area contributed by atoms with Gasteiger partial charge in [-0.3, -0.25) is 4.98 Å². The van der Waals surface area contributed by atoms with Crippen molar-refractivity contribution in [2.75, 3.05) is 0 Å². The van der Waals surface area contributed by atoms with Gasteiger partial charge in [0.1, 0.15) is 11.8 Å². The Morgan fingerprint density at radius 2 is 2.15 bits per heavy atom. The Bertz CT molecular complexity index is 500. The maximum atomic E-state index is 9.36. The van der Waals surface area contributed by atoms with Crippen LogP contribution in [0.5, 0.6) is 5.75 Å². The first-order chi connectivity index (χ1) is 6.31. The summed E-state index contributed by atoms with van der Waals surface area (Å²) >= 11 is 0. The molecule has 62 valence electrons. The first kappa shape index (κ1) is 7.56. The zero-order chi connectivity index (χ0) is 9.26. The maximum Gasteiger partial charge on any atom is 0.134 e. The highest BCUT2D eigenvalue weighted by Gasteiger charge is 2.01. The lowest BCUT2D eigenvalue weighted by molar-refractivity contribution is 0.474. The van der Waals surface area contributed by atoms with Crippen LogP contribution in [0.2, 0.25) is 0 Å². The molecule has 2 aromatic rings. The van der Waals surface area contributed by atoms with E-state index in [1.165, 1.54) is 0 Å². The number of nitrogens with zero attached hydrogens (tertiary/aromatic N) is 2. The minimum atomic E-state index is 0.00278. The molecular weight excluding hydrogens is 164 g/mol. The predicted molar refractivity (Wildman–Crippen MR) is 48.1 cm³/mol. The van der Waals surface area contributed by atoms with Crippen molar-refractivity contribution in [3.63, 3.8) is 0 Å². The van der Waals surface area contributed by atoms with Crippen LogP contribution in [-0.4, -0.2) is 10.1 Å². The monoisotopic (exact) mass is 170 g/mol. The van der Waals surface area contributed by atoms with Gasteiger partial charge in [-0.25, -0.2) is 0 Å². The van der Waals surface area contributed by atoms with E-state index in [0.717, 1.165) is 10.8 Å². The highest BCUT2D eigenvalue weighted by molar-refractivity contribution is 5.84. The van der Waals surface area contributed by atoms with Crippen LogP contribution in [0.25, 0.3) is 10.8 Å². The summed E-state index contributed by atoms with van der Waals surface area (Å²) in [4.78, 5) is 3.92. The highest BCUT2D eigenvalue weighted by atomic mass is 16.3. The topological polar surface area (TPSA) is 56.9 Å². The second kappa shape index (κ2) is 2.76. The van der Waals surface area contributed by atoms with Crippen LogP contribution < -0.4 is 0 Å². The van der Waals surface area contributed by atoms with Gasteiger partial charge in [0.05, 0.1) is 5.56 Å². The van der Waals surface area contributed by atoms with Gasteiger partial charge in [0.2, 0.25) is 0 Å². The Morgan fingerprint density at radius 1 is 1.31 bits per heavy atom. The quantitative estimate of drug-likeness (QED) is 0.656. The van der Waals surface area contributed by atoms with Gasteiger partial charge in [0.15, 0.2) is 0 Å². The Morgan fingerprint density at radius 3 is 2.92 bits per heavy atom. The lowest BCUT2D eigenvalue weighted by Crippen LogP contribution is -1.79. The average Bonchev–Trinajstić information content (AvgIpc) is 2.17. The van der Waals surface area contributed by atoms with Crippen molar-refractivity contribution in [2.24, 2.45) is 0 Å². The standard InChI is InChI=1S/C10H6N2O/c11-5-8-3-7-1-2-12-6-9(7)4-10(8)13/h1-4,6,13H. The molecule has 1 aromatic carbocycles. The van der Waals surface area contributed by atoms with E-state index in [4.69, 9.17) is 5.26 Å². The molecule has 3 heteroatoms. The summed E-state index contributed by atoms with van der Waals surface area (Å²) in [6.07, 6.45) is 3.30. The number of phenols is 1. The largest absolute Gasteiger partial charge is 0.507 e. The van der Waals surface area contributed by atoms with E-state index in [9.17, 15) is 5.11 Å². The minimum absolute atomic E-state index is 0.00278. The van der Waals surface area contributed by atoms with E-state index in [2.05, 4.69) is 4.98 Å². The molecule has 0 amide bonds. The van der Waals surface area contributed by atoms with Crippen molar-refractivity contribution in [3.05, 3.63) is 36.2 Å². The van der Waals surface area contributed by atoms with E-state index in [1.54, 1.807) is 30.6 Å². The number of benzene rings is 1. The molecule has 1 heterocycles. The second-order valence-electron chi connectivity index (χ2n) is 2.70. The predicted octanol–water partition coefficient (Wildman–Crippen LogP) is 1.81. The molecule has 1 N–H and O–H groups in total. The summed E-state index contributed by atoms with van der Waals surface area (Å²) in [5.41, 5.74) is 0.290. The smallest absolute Gasteiger partial charge is 0.134 e. The fourth-order valence-corrected chi connectivity index (χ4v) is 1.21. The fourth-order valence-electron chi connectivity index (χ4n) is 1.21. The number of hydrogen-bond donors (Lipinski definition) is 1. The normalized spacial score (nSPS) is 9.77. The number of fused-ring (bicyclic) bond motifs is 1. The van der Waals surface area contributed by atoms with E-state index in [1.807, 2.05) is 6.07 Å². The van der Waals surface area contributed by atoms with Gasteiger partial charge >= 0.3 is 0 Å². The molecule has 1 aromatic heterocycles. The van der Waals surface area contributed by atoms with Gasteiger partial charge in [-0.15, -0.1) is 0 Å². The molecule has 0 atom stereocenters. The van der Waals surface area contributed by atoms with Crippen molar-refractivity contribution in [1.29, 1.82) is 5.26 Å². The van der Waals surface area contributed by atoms with Crippen LogP contribution in [0.3, 0.4) is 0 Å². The molecule has 0 aliphatic carbocycles. The van der Waals surface area contributed by atoms with Crippen LogP contribution in [0, 0.1) is 11.3 Å². The molecule has 0 saturated carbocycles. The van der Waals surface area contributed by atoms with E-state index < -0.39 is 0 Å². The number of aromatic hydroxyl groups is 1. The van der Waals surface area contributed by atoms with Crippen LogP contribution in [0.15, 0.2) is 30.6 Å². The number of aromatic nitrogens is 1. The molecule has 0 unspecified atom stereocenters. The maximum absolute atomic E-state index is 9.36. The van der Waals surface area contributed by atoms with Crippen LogP contribution in [0.4, 0.5) is 0 Å². The Kier molecular flexibility index (Phi) is 1.60. The van der Waals surface area contributed by atoms with Gasteiger partial charge in [0.25, 0.3) is 0 Å². The summed E-state index contributed by atoms with van der Waals surface area (Å²) in [5, 5.41) is 19.7. The van der Waals surface area contributed by atoms with Gasteiger partial charge in [0, 0.05) is 17.8 Å². The molecule has 13 heavy (non-hydrogen) atoms. The number of phenolic OH excluding ortho intramolecular Hbond substituents is 1.